The molecule has 0 unspecified atom stereocenters. The minimum absolute atomic E-state index is 0.109. The molecule has 7 aromatic rings. The number of amides is 6. The Bertz CT molecular complexity index is 2660. The van der Waals surface area contributed by atoms with Gasteiger partial charge in [0.15, 0.2) is 0 Å². The van der Waals surface area contributed by atoms with Crippen LogP contribution < -0.4 is 31.9 Å². The Morgan fingerprint density at radius 2 is 0.609 bits per heavy atom. The normalized spacial score (nSPS) is 11.5. The summed E-state index contributed by atoms with van der Waals surface area (Å²) >= 11 is 0. The number of benzene rings is 6. The van der Waals surface area contributed by atoms with Crippen LogP contribution in [0.15, 0.2) is 176 Å². The SMILES string of the molecule is C[C@H](NC(=O)c1ccccc1NC(=O)c1ccccc1NC(=O)c1cccc(C(=O)Nc2ccccc2C(=O)Nc2ccccc2C(=O)N[C@@H](C)c2ccccc2)n1)c1ccccc1. The fraction of sp³-hybridized carbons (Fsp3) is 0.0784. The summed E-state index contributed by atoms with van der Waals surface area (Å²) in [5.74, 6) is -3.34. The van der Waals surface area contributed by atoms with Gasteiger partial charge in [0.25, 0.3) is 35.4 Å². The van der Waals surface area contributed by atoms with Gasteiger partial charge in [-0.15, -0.1) is 0 Å². The van der Waals surface area contributed by atoms with E-state index in [-0.39, 0.29) is 80.3 Å². The van der Waals surface area contributed by atoms with Crippen LogP contribution in [0, 0.1) is 0 Å². The zero-order valence-corrected chi connectivity index (χ0v) is 34.8. The Balaban J connectivity index is 1.01. The van der Waals surface area contributed by atoms with Gasteiger partial charge in [-0.3, -0.25) is 28.8 Å². The standard InChI is InChI=1S/C51H43N7O6/c1-32(34-18-5-3-6-19-34)52-46(59)36-22-9-13-26-40(36)55-48(61)38-24-11-15-28-42(38)57-50(63)44-30-17-31-45(54-44)51(64)58-43-29-16-12-25-39(43)49(62)56-41-27-14-10-23-37(41)47(60)53-33(2)35-20-7-4-8-21-35/h3-33H,1-2H3,(H,52,59)(H,53,60)(H,55,61)(H,56,62)(H,57,63)(H,58,64)/t32-,33-/m0/s1. The molecule has 0 saturated heterocycles. The monoisotopic (exact) mass is 849 g/mol. The van der Waals surface area contributed by atoms with E-state index in [2.05, 4.69) is 36.9 Å². The molecule has 0 aliphatic rings. The van der Waals surface area contributed by atoms with Crippen molar-refractivity contribution in [2.45, 2.75) is 25.9 Å². The Morgan fingerprint density at radius 1 is 0.328 bits per heavy atom. The topological polar surface area (TPSA) is 187 Å². The van der Waals surface area contributed by atoms with Crippen molar-refractivity contribution in [3.05, 3.63) is 221 Å². The molecule has 0 aliphatic heterocycles. The number of carbonyl (C=O) groups is 6. The molecule has 0 aliphatic carbocycles. The Kier molecular flexibility index (Phi) is 13.7. The number of nitrogens with zero attached hydrogens (tertiary/aromatic N) is 1. The fourth-order valence-electron chi connectivity index (χ4n) is 6.80. The van der Waals surface area contributed by atoms with Gasteiger partial charge in [-0.25, -0.2) is 4.98 Å². The van der Waals surface area contributed by atoms with Gasteiger partial charge >= 0.3 is 0 Å². The number of nitrogens with one attached hydrogen (secondary N) is 6. The zero-order valence-electron chi connectivity index (χ0n) is 34.8. The van der Waals surface area contributed by atoms with Crippen molar-refractivity contribution >= 4 is 58.2 Å². The molecule has 13 nitrogen and oxygen atoms in total. The molecule has 6 N–H and O–H groups in total. The van der Waals surface area contributed by atoms with E-state index in [1.165, 1.54) is 30.3 Å². The van der Waals surface area contributed by atoms with Gasteiger partial charge in [-0.1, -0.05) is 115 Å². The van der Waals surface area contributed by atoms with E-state index in [0.29, 0.717) is 0 Å². The van der Waals surface area contributed by atoms with Gasteiger partial charge < -0.3 is 31.9 Å². The number of hydrogen-bond acceptors (Lipinski definition) is 7. The first-order valence-electron chi connectivity index (χ1n) is 20.4. The summed E-state index contributed by atoms with van der Waals surface area (Å²) in [6.45, 7) is 3.73. The van der Waals surface area contributed by atoms with Crippen molar-refractivity contribution in [3.8, 4) is 0 Å². The number of pyridine rings is 1. The lowest BCUT2D eigenvalue weighted by Gasteiger charge is -2.17. The third-order valence-electron chi connectivity index (χ3n) is 10.2. The maximum absolute atomic E-state index is 13.7. The third kappa shape index (κ3) is 10.6. The molecule has 1 aromatic heterocycles. The van der Waals surface area contributed by atoms with E-state index in [4.69, 9.17) is 0 Å². The number of aromatic nitrogens is 1. The van der Waals surface area contributed by atoms with Gasteiger partial charge in [0.1, 0.15) is 11.4 Å². The molecule has 0 radical (unpaired) electrons. The van der Waals surface area contributed by atoms with Gasteiger partial charge in [0.2, 0.25) is 0 Å². The average Bonchev–Trinajstić information content (AvgIpc) is 3.32. The van der Waals surface area contributed by atoms with Crippen molar-refractivity contribution in [3.63, 3.8) is 0 Å². The lowest BCUT2D eigenvalue weighted by atomic mass is 10.1. The molecule has 318 valence electrons. The van der Waals surface area contributed by atoms with Crippen LogP contribution in [0.1, 0.15) is 99.5 Å². The van der Waals surface area contributed by atoms with Gasteiger partial charge in [0.05, 0.1) is 57.1 Å². The second-order valence-corrected chi connectivity index (χ2v) is 14.6. The molecule has 2 atom stereocenters. The average molecular weight is 850 g/mol. The predicted molar refractivity (Wildman–Crippen MR) is 246 cm³/mol. The van der Waals surface area contributed by atoms with E-state index in [1.807, 2.05) is 74.5 Å². The summed E-state index contributed by atoms with van der Waals surface area (Å²) < 4.78 is 0. The lowest BCUT2D eigenvalue weighted by Crippen LogP contribution is -2.28. The number of hydrogen-bond donors (Lipinski definition) is 6. The second-order valence-electron chi connectivity index (χ2n) is 14.6. The van der Waals surface area contributed by atoms with Crippen LogP contribution in [0.5, 0.6) is 0 Å². The molecule has 64 heavy (non-hydrogen) atoms. The lowest BCUT2D eigenvalue weighted by molar-refractivity contribution is 0.0931. The maximum atomic E-state index is 13.7. The zero-order chi connectivity index (χ0) is 45.0. The molecular weight excluding hydrogens is 807 g/mol. The van der Waals surface area contributed by atoms with Gasteiger partial charge in [-0.05, 0) is 85.6 Å². The summed E-state index contributed by atoms with van der Waals surface area (Å²) in [5, 5.41) is 17.0. The van der Waals surface area contributed by atoms with Crippen molar-refractivity contribution < 1.29 is 28.8 Å². The van der Waals surface area contributed by atoms with E-state index < -0.39 is 23.6 Å². The molecule has 0 spiro atoms. The summed E-state index contributed by atoms with van der Waals surface area (Å²) in [5.41, 5.74) is 3.17. The third-order valence-corrected chi connectivity index (χ3v) is 10.2. The van der Waals surface area contributed by atoms with Crippen LogP contribution in [0.4, 0.5) is 22.7 Å². The highest BCUT2D eigenvalue weighted by atomic mass is 16.2. The highest BCUT2D eigenvalue weighted by Gasteiger charge is 2.22. The van der Waals surface area contributed by atoms with Crippen molar-refractivity contribution in [1.29, 1.82) is 0 Å². The fourth-order valence-corrected chi connectivity index (χ4v) is 6.80. The van der Waals surface area contributed by atoms with Crippen LogP contribution in [-0.2, 0) is 0 Å². The number of rotatable bonds is 14. The van der Waals surface area contributed by atoms with E-state index in [9.17, 15) is 28.8 Å². The molecule has 0 bridgehead atoms. The maximum Gasteiger partial charge on any atom is 0.274 e. The second kappa shape index (κ2) is 20.2. The Hall–Kier alpha value is -8.71. The molecular formula is C51H43N7O6. The first-order chi connectivity index (χ1) is 31.0. The summed E-state index contributed by atoms with van der Waals surface area (Å²) in [7, 11) is 0. The molecule has 6 amide bonds. The van der Waals surface area contributed by atoms with E-state index in [1.54, 1.807) is 84.9 Å². The Morgan fingerprint density at radius 3 is 0.953 bits per heavy atom. The molecule has 1 heterocycles. The quantitative estimate of drug-likeness (QED) is 0.0630. The van der Waals surface area contributed by atoms with Crippen LogP contribution in [0.3, 0.4) is 0 Å². The Labute approximate surface area is 369 Å². The highest BCUT2D eigenvalue weighted by molar-refractivity contribution is 6.16. The first kappa shape index (κ1) is 43.4. The van der Waals surface area contributed by atoms with E-state index >= 15 is 0 Å². The summed E-state index contributed by atoms with van der Waals surface area (Å²) in [6, 6.07) is 48.6. The molecule has 6 aromatic carbocycles. The molecule has 0 saturated carbocycles. The first-order valence-corrected chi connectivity index (χ1v) is 20.4. The van der Waals surface area contributed by atoms with Crippen LogP contribution in [0.25, 0.3) is 0 Å². The van der Waals surface area contributed by atoms with Crippen molar-refractivity contribution in [1.82, 2.24) is 15.6 Å². The molecule has 13 heteroatoms. The largest absolute Gasteiger partial charge is 0.345 e. The molecule has 7 rings (SSSR count). The highest BCUT2D eigenvalue weighted by Crippen LogP contribution is 2.24. The van der Waals surface area contributed by atoms with E-state index in [0.717, 1.165) is 11.1 Å². The van der Waals surface area contributed by atoms with Gasteiger partial charge in [0, 0.05) is 0 Å². The number of para-hydroxylation sites is 4. The molecule has 0 fully saturated rings. The van der Waals surface area contributed by atoms with Crippen molar-refractivity contribution in [2.24, 2.45) is 0 Å². The summed E-state index contributed by atoms with van der Waals surface area (Å²) in [4.78, 5) is 85.5. The van der Waals surface area contributed by atoms with Gasteiger partial charge in [-0.2, -0.15) is 0 Å². The minimum Gasteiger partial charge on any atom is -0.345 e. The summed E-state index contributed by atoms with van der Waals surface area (Å²) in [6.07, 6.45) is 0. The number of anilines is 4. The smallest absolute Gasteiger partial charge is 0.274 e. The number of carbonyl (C=O) groups excluding carboxylic acids is 6. The van der Waals surface area contributed by atoms with Crippen molar-refractivity contribution in [2.75, 3.05) is 21.3 Å². The minimum atomic E-state index is -0.704. The van der Waals surface area contributed by atoms with Crippen LogP contribution in [-0.4, -0.2) is 40.4 Å². The van der Waals surface area contributed by atoms with Crippen LogP contribution in [0.2, 0.25) is 0 Å². The van der Waals surface area contributed by atoms with Crippen LogP contribution >= 0.6 is 0 Å². The predicted octanol–water partition coefficient (Wildman–Crippen LogP) is 9.07.